The molecular weight excluding hydrogens is 262 g/mol. The highest BCUT2D eigenvalue weighted by atomic mass is 16.2. The van der Waals surface area contributed by atoms with E-state index >= 15 is 0 Å². The molecule has 21 heavy (non-hydrogen) atoms. The van der Waals surface area contributed by atoms with E-state index in [1.165, 1.54) is 44.1 Å². The summed E-state index contributed by atoms with van der Waals surface area (Å²) in [7, 11) is 2.05. The predicted octanol–water partition coefficient (Wildman–Crippen LogP) is 1.92. The first-order valence-corrected chi connectivity index (χ1v) is 8.58. The van der Waals surface area contributed by atoms with Crippen molar-refractivity contribution < 1.29 is 4.79 Å². The molecule has 2 aliphatic rings. The van der Waals surface area contributed by atoms with Gasteiger partial charge in [-0.25, -0.2) is 0 Å². The fourth-order valence-corrected chi connectivity index (χ4v) is 3.38. The van der Waals surface area contributed by atoms with Crippen molar-refractivity contribution in [1.82, 2.24) is 15.5 Å². The minimum Gasteiger partial charge on any atom is -0.355 e. The Balaban J connectivity index is 1.56. The van der Waals surface area contributed by atoms with Crippen LogP contribution in [-0.2, 0) is 4.79 Å². The molecule has 0 aromatic heterocycles. The van der Waals surface area contributed by atoms with Crippen LogP contribution in [0.25, 0.3) is 0 Å². The summed E-state index contributed by atoms with van der Waals surface area (Å²) in [5, 5.41) is 6.49. The van der Waals surface area contributed by atoms with Crippen molar-refractivity contribution in [2.75, 3.05) is 39.8 Å². The summed E-state index contributed by atoms with van der Waals surface area (Å²) in [6, 6.07) is 0. The number of carbonyl (C=O) groups excluding carboxylic acids is 1. The van der Waals surface area contributed by atoms with Gasteiger partial charge in [0, 0.05) is 13.1 Å². The van der Waals surface area contributed by atoms with Gasteiger partial charge >= 0.3 is 0 Å². The third-order valence-corrected chi connectivity index (χ3v) is 4.54. The van der Waals surface area contributed by atoms with Crippen LogP contribution in [0.4, 0.5) is 0 Å². The van der Waals surface area contributed by atoms with E-state index in [1.54, 1.807) is 0 Å². The van der Waals surface area contributed by atoms with Gasteiger partial charge in [0.1, 0.15) is 0 Å². The minimum absolute atomic E-state index is 0.165. The second-order valence-corrected chi connectivity index (χ2v) is 6.62. The van der Waals surface area contributed by atoms with Crippen molar-refractivity contribution in [3.05, 3.63) is 11.6 Å². The molecule has 2 N–H and O–H groups in total. The summed E-state index contributed by atoms with van der Waals surface area (Å²) in [6.45, 7) is 4.58. The van der Waals surface area contributed by atoms with E-state index in [4.69, 9.17) is 0 Å². The van der Waals surface area contributed by atoms with Crippen LogP contribution in [0, 0.1) is 5.92 Å². The Morgan fingerprint density at radius 1 is 1.43 bits per heavy atom. The van der Waals surface area contributed by atoms with Gasteiger partial charge in [0.2, 0.25) is 5.91 Å². The molecule has 1 aliphatic carbocycles. The van der Waals surface area contributed by atoms with Crippen molar-refractivity contribution in [2.45, 2.75) is 44.9 Å². The number of nitrogens with one attached hydrogen (secondary N) is 2. The van der Waals surface area contributed by atoms with E-state index in [9.17, 15) is 4.79 Å². The zero-order valence-electron chi connectivity index (χ0n) is 13.5. The summed E-state index contributed by atoms with van der Waals surface area (Å²) >= 11 is 0. The summed E-state index contributed by atoms with van der Waals surface area (Å²) in [5.41, 5.74) is 1.53. The molecule has 0 saturated carbocycles. The fourth-order valence-electron chi connectivity index (χ4n) is 3.38. The number of hydrogen-bond donors (Lipinski definition) is 2. The van der Waals surface area contributed by atoms with Crippen LogP contribution in [0.2, 0.25) is 0 Å². The number of piperidine rings is 1. The molecule has 1 heterocycles. The van der Waals surface area contributed by atoms with Gasteiger partial charge in [-0.3, -0.25) is 9.69 Å². The van der Waals surface area contributed by atoms with Crippen molar-refractivity contribution in [3.63, 3.8) is 0 Å². The van der Waals surface area contributed by atoms with Crippen LogP contribution >= 0.6 is 0 Å². The van der Waals surface area contributed by atoms with Gasteiger partial charge in [0.15, 0.2) is 0 Å². The van der Waals surface area contributed by atoms with E-state index in [0.717, 1.165) is 32.6 Å². The summed E-state index contributed by atoms with van der Waals surface area (Å²) < 4.78 is 0. The highest BCUT2D eigenvalue weighted by Gasteiger charge is 2.16. The molecule has 1 atom stereocenters. The van der Waals surface area contributed by atoms with E-state index in [0.29, 0.717) is 12.5 Å². The lowest BCUT2D eigenvalue weighted by molar-refractivity contribution is -0.122. The number of rotatable bonds is 7. The molecule has 0 radical (unpaired) electrons. The monoisotopic (exact) mass is 293 g/mol. The normalized spacial score (nSPS) is 23.0. The summed E-state index contributed by atoms with van der Waals surface area (Å²) in [4.78, 5) is 14.1. The molecule has 1 unspecified atom stereocenters. The Morgan fingerprint density at radius 2 is 2.33 bits per heavy atom. The Labute approximate surface area is 129 Å². The standard InChI is InChI=1S/C17H31N3O/c1-20(13-16-8-5-10-18-12-16)14-17(21)19-11-9-15-6-3-2-4-7-15/h6,16,18H,2-5,7-14H2,1H3,(H,19,21). The van der Waals surface area contributed by atoms with E-state index in [2.05, 4.69) is 28.7 Å². The zero-order valence-corrected chi connectivity index (χ0v) is 13.5. The molecule has 1 fully saturated rings. The van der Waals surface area contributed by atoms with Crippen molar-refractivity contribution in [3.8, 4) is 0 Å². The molecule has 0 aromatic carbocycles. The van der Waals surface area contributed by atoms with Gasteiger partial charge in [-0.2, -0.15) is 0 Å². The Kier molecular flexibility index (Phi) is 7.24. The molecule has 4 heteroatoms. The van der Waals surface area contributed by atoms with Gasteiger partial charge in [-0.15, -0.1) is 0 Å². The first kappa shape index (κ1) is 16.5. The second kappa shape index (κ2) is 9.21. The lowest BCUT2D eigenvalue weighted by Crippen LogP contribution is -2.41. The van der Waals surface area contributed by atoms with Crippen LogP contribution in [-0.4, -0.2) is 50.6 Å². The molecule has 0 bridgehead atoms. The van der Waals surface area contributed by atoms with Crippen LogP contribution in [0.3, 0.4) is 0 Å². The first-order valence-electron chi connectivity index (χ1n) is 8.58. The van der Waals surface area contributed by atoms with Crippen LogP contribution in [0.15, 0.2) is 11.6 Å². The minimum atomic E-state index is 0.165. The third-order valence-electron chi connectivity index (χ3n) is 4.54. The van der Waals surface area contributed by atoms with Crippen molar-refractivity contribution >= 4 is 5.91 Å². The maximum Gasteiger partial charge on any atom is 0.234 e. The van der Waals surface area contributed by atoms with E-state index < -0.39 is 0 Å². The van der Waals surface area contributed by atoms with Crippen LogP contribution < -0.4 is 10.6 Å². The maximum absolute atomic E-state index is 11.9. The molecule has 120 valence electrons. The first-order chi connectivity index (χ1) is 10.2. The maximum atomic E-state index is 11.9. The van der Waals surface area contributed by atoms with Crippen molar-refractivity contribution in [1.29, 1.82) is 0 Å². The van der Waals surface area contributed by atoms with Crippen molar-refractivity contribution in [2.24, 2.45) is 5.92 Å². The quantitative estimate of drug-likeness (QED) is 0.705. The van der Waals surface area contributed by atoms with E-state index in [1.807, 2.05) is 0 Å². The average molecular weight is 293 g/mol. The van der Waals surface area contributed by atoms with E-state index in [-0.39, 0.29) is 5.91 Å². The van der Waals surface area contributed by atoms with Gasteiger partial charge in [0.05, 0.1) is 6.54 Å². The lowest BCUT2D eigenvalue weighted by Gasteiger charge is -2.27. The van der Waals surface area contributed by atoms with Gasteiger partial charge in [0.25, 0.3) is 0 Å². The third kappa shape index (κ3) is 6.62. The van der Waals surface area contributed by atoms with Gasteiger partial charge < -0.3 is 10.6 Å². The predicted molar refractivity (Wildman–Crippen MR) is 87.3 cm³/mol. The van der Waals surface area contributed by atoms with Crippen LogP contribution in [0.1, 0.15) is 44.9 Å². The smallest absolute Gasteiger partial charge is 0.234 e. The number of allylic oxidation sites excluding steroid dienone is 1. The molecule has 0 aromatic rings. The topological polar surface area (TPSA) is 44.4 Å². The molecule has 2 rings (SSSR count). The zero-order chi connectivity index (χ0) is 14.9. The number of hydrogen-bond acceptors (Lipinski definition) is 3. The molecular formula is C17H31N3O. The highest BCUT2D eigenvalue weighted by Crippen LogP contribution is 2.19. The average Bonchev–Trinajstić information content (AvgIpc) is 2.49. The Hall–Kier alpha value is -0.870. The fraction of sp³-hybridized carbons (Fsp3) is 0.824. The van der Waals surface area contributed by atoms with Crippen LogP contribution in [0.5, 0.6) is 0 Å². The highest BCUT2D eigenvalue weighted by molar-refractivity contribution is 5.77. The number of likely N-dealkylation sites (N-methyl/N-ethyl adjacent to an activating group) is 1. The Bertz CT molecular complexity index is 348. The second-order valence-electron chi connectivity index (χ2n) is 6.62. The largest absolute Gasteiger partial charge is 0.355 e. The Morgan fingerprint density at radius 3 is 3.05 bits per heavy atom. The van der Waals surface area contributed by atoms with Gasteiger partial charge in [-0.1, -0.05) is 11.6 Å². The summed E-state index contributed by atoms with van der Waals surface area (Å²) in [5.74, 6) is 0.863. The molecule has 4 nitrogen and oxygen atoms in total. The number of nitrogens with zero attached hydrogens (tertiary/aromatic N) is 1. The van der Waals surface area contributed by atoms with Gasteiger partial charge in [-0.05, 0) is 71.0 Å². The number of amides is 1. The molecule has 0 spiro atoms. The summed E-state index contributed by atoms with van der Waals surface area (Å²) in [6.07, 6.45) is 11.0. The lowest BCUT2D eigenvalue weighted by atomic mass is 9.97. The number of carbonyl (C=O) groups is 1. The SMILES string of the molecule is CN(CC(=O)NCCC1=CCCCC1)CC1CCCNC1. The molecule has 1 saturated heterocycles. The molecule has 1 amide bonds. The molecule has 1 aliphatic heterocycles.